The Kier molecular flexibility index (Phi) is 5.91. The van der Waals surface area contributed by atoms with Gasteiger partial charge in [0, 0.05) is 60.3 Å². The van der Waals surface area contributed by atoms with Crippen LogP contribution in [0.5, 0.6) is 0 Å². The number of nitrogens with zero attached hydrogens (tertiary/aromatic N) is 3. The maximum atomic E-state index is 13.0. The van der Waals surface area contributed by atoms with Gasteiger partial charge in [0.05, 0.1) is 18.4 Å². The smallest absolute Gasteiger partial charge is 0.139 e. The lowest BCUT2D eigenvalue weighted by molar-refractivity contribution is -0.119. The fraction of sp³-hybridized carbons (Fsp3) is 0.333. The molecule has 3 aromatic rings. The minimum absolute atomic E-state index is 0.102. The first-order chi connectivity index (χ1) is 15.7. The third-order valence-corrected chi connectivity index (χ3v) is 6.35. The molecule has 2 aliphatic heterocycles. The molecule has 1 aromatic carbocycles. The first kappa shape index (κ1) is 20.7. The molecule has 0 aliphatic carbocycles. The van der Waals surface area contributed by atoms with Crippen molar-refractivity contribution in [2.75, 3.05) is 6.61 Å². The van der Waals surface area contributed by atoms with Gasteiger partial charge in [-0.15, -0.1) is 0 Å². The number of benzene rings is 1. The zero-order chi connectivity index (χ0) is 21.9. The Morgan fingerprint density at radius 1 is 1.16 bits per heavy atom. The van der Waals surface area contributed by atoms with Crippen LogP contribution >= 0.6 is 0 Å². The third-order valence-electron chi connectivity index (χ3n) is 6.35. The van der Waals surface area contributed by atoms with Crippen LogP contribution in [0.2, 0.25) is 0 Å². The van der Waals surface area contributed by atoms with Gasteiger partial charge >= 0.3 is 0 Å². The summed E-state index contributed by atoms with van der Waals surface area (Å²) in [4.78, 5) is 26.7. The second kappa shape index (κ2) is 9.13. The Morgan fingerprint density at radius 2 is 2.03 bits per heavy atom. The van der Waals surface area contributed by atoms with Crippen LogP contribution in [-0.2, 0) is 22.5 Å². The number of hydrogen-bond donors (Lipinski definition) is 0. The van der Waals surface area contributed by atoms with E-state index in [0.29, 0.717) is 19.4 Å². The Balaban J connectivity index is 1.30. The molecule has 0 unspecified atom stereocenters. The number of Topliss-reactive ketones (excluding diaryl/α,β-unsaturated/α-hetero) is 1. The Labute approximate surface area is 188 Å². The van der Waals surface area contributed by atoms with Crippen LogP contribution in [0.4, 0.5) is 0 Å². The van der Waals surface area contributed by atoms with Gasteiger partial charge < -0.3 is 4.74 Å². The van der Waals surface area contributed by atoms with Crippen LogP contribution in [0.25, 0.3) is 0 Å². The predicted octanol–water partition coefficient (Wildman–Crippen LogP) is 4.60. The normalized spacial score (nSPS) is 18.3. The molecule has 0 bridgehead atoms. The van der Waals surface area contributed by atoms with Crippen molar-refractivity contribution in [3.63, 3.8) is 0 Å². The van der Waals surface area contributed by atoms with Gasteiger partial charge in [0.15, 0.2) is 0 Å². The van der Waals surface area contributed by atoms with E-state index in [1.165, 1.54) is 5.56 Å². The Hall–Kier alpha value is -3.18. The molecule has 2 aromatic heterocycles. The SMILES string of the molecule is Cc1cc(C2=NCc3cc(CC(=O)C[C@H](c4ccccc4)[C@@H]4CCCO4)ncc32)ccn1. The largest absolute Gasteiger partial charge is 0.378 e. The summed E-state index contributed by atoms with van der Waals surface area (Å²) in [5.74, 6) is 0.302. The molecule has 0 radical (unpaired) electrons. The first-order valence-corrected chi connectivity index (χ1v) is 11.3. The molecule has 4 heterocycles. The monoisotopic (exact) mass is 425 g/mol. The van der Waals surface area contributed by atoms with Crippen LogP contribution in [0.3, 0.4) is 0 Å². The van der Waals surface area contributed by atoms with Crippen LogP contribution in [-0.4, -0.2) is 34.2 Å². The fourth-order valence-corrected chi connectivity index (χ4v) is 4.78. The summed E-state index contributed by atoms with van der Waals surface area (Å²) in [6.07, 6.45) is 6.69. The molecule has 0 saturated carbocycles. The summed E-state index contributed by atoms with van der Waals surface area (Å²) in [6.45, 7) is 3.39. The van der Waals surface area contributed by atoms with Crippen LogP contribution in [0.15, 0.2) is 65.9 Å². The molecule has 2 atom stereocenters. The molecule has 162 valence electrons. The number of aliphatic imine (C=N–C) groups is 1. The molecule has 32 heavy (non-hydrogen) atoms. The van der Waals surface area contributed by atoms with E-state index < -0.39 is 0 Å². The molecule has 5 nitrogen and oxygen atoms in total. The summed E-state index contributed by atoms with van der Waals surface area (Å²) < 4.78 is 5.96. The van der Waals surface area contributed by atoms with Crippen molar-refractivity contribution < 1.29 is 9.53 Å². The summed E-state index contributed by atoms with van der Waals surface area (Å²) in [5.41, 5.74) is 7.16. The quantitative estimate of drug-likeness (QED) is 0.555. The third kappa shape index (κ3) is 4.39. The highest BCUT2D eigenvalue weighted by molar-refractivity contribution is 6.15. The topological polar surface area (TPSA) is 64.4 Å². The predicted molar refractivity (Wildman–Crippen MR) is 124 cm³/mol. The number of ether oxygens (including phenoxy) is 1. The lowest BCUT2D eigenvalue weighted by atomic mass is 9.86. The average molecular weight is 426 g/mol. The number of ketones is 1. The zero-order valence-corrected chi connectivity index (χ0v) is 18.3. The van der Waals surface area contributed by atoms with Crippen molar-refractivity contribution in [2.45, 2.75) is 51.2 Å². The second-order valence-corrected chi connectivity index (χ2v) is 8.67. The molecule has 0 N–H and O–H groups in total. The van der Waals surface area contributed by atoms with Crippen molar-refractivity contribution in [2.24, 2.45) is 4.99 Å². The van der Waals surface area contributed by atoms with E-state index in [-0.39, 0.29) is 17.8 Å². The molecule has 0 amide bonds. The maximum Gasteiger partial charge on any atom is 0.139 e. The number of rotatable bonds is 7. The molecule has 5 heteroatoms. The molecular formula is C27H27N3O2. The number of pyridine rings is 2. The molecule has 0 spiro atoms. The lowest BCUT2D eigenvalue weighted by Crippen LogP contribution is -2.22. The van der Waals surface area contributed by atoms with Gasteiger partial charge in [0.2, 0.25) is 0 Å². The number of aromatic nitrogens is 2. The summed E-state index contributed by atoms with van der Waals surface area (Å²) in [7, 11) is 0. The van der Waals surface area contributed by atoms with E-state index in [0.717, 1.165) is 53.2 Å². The number of fused-ring (bicyclic) bond motifs is 1. The summed E-state index contributed by atoms with van der Waals surface area (Å²) in [6, 6.07) is 16.3. The van der Waals surface area contributed by atoms with E-state index >= 15 is 0 Å². The molecule has 1 fully saturated rings. The highest BCUT2D eigenvalue weighted by atomic mass is 16.5. The number of hydrogen-bond acceptors (Lipinski definition) is 5. The minimum Gasteiger partial charge on any atom is -0.378 e. The Bertz CT molecular complexity index is 1150. The second-order valence-electron chi connectivity index (χ2n) is 8.67. The van der Waals surface area contributed by atoms with E-state index in [9.17, 15) is 4.79 Å². The van der Waals surface area contributed by atoms with E-state index in [2.05, 4.69) is 22.1 Å². The fourth-order valence-electron chi connectivity index (χ4n) is 4.78. The van der Waals surface area contributed by atoms with Gasteiger partial charge in [0.25, 0.3) is 0 Å². The van der Waals surface area contributed by atoms with Gasteiger partial charge in [-0.05, 0) is 49.1 Å². The standard InChI is InChI=1S/C27H27N3O2/c1-18-12-20(9-10-28-18)27-25-17-29-22(13-21(25)16-30-27)14-23(31)15-24(26-8-5-11-32-26)19-6-3-2-4-7-19/h2-4,6-7,9-10,12-13,17,24,26H,5,8,11,14-16H2,1H3/t24-,26+/m1/s1. The average Bonchev–Trinajstić information content (AvgIpc) is 3.48. The van der Waals surface area contributed by atoms with Crippen LogP contribution in [0.1, 0.15) is 58.8 Å². The van der Waals surface area contributed by atoms with Crippen molar-refractivity contribution in [1.82, 2.24) is 9.97 Å². The maximum absolute atomic E-state index is 13.0. The number of carbonyl (C=O) groups is 1. The number of aryl methyl sites for hydroxylation is 1. The first-order valence-electron chi connectivity index (χ1n) is 11.3. The Morgan fingerprint density at radius 3 is 2.81 bits per heavy atom. The zero-order valence-electron chi connectivity index (χ0n) is 18.3. The highest BCUT2D eigenvalue weighted by Gasteiger charge is 2.29. The van der Waals surface area contributed by atoms with E-state index in [4.69, 9.17) is 9.73 Å². The van der Waals surface area contributed by atoms with Gasteiger partial charge in [-0.3, -0.25) is 19.8 Å². The van der Waals surface area contributed by atoms with Crippen molar-refractivity contribution >= 4 is 11.5 Å². The van der Waals surface area contributed by atoms with E-state index in [1.54, 1.807) is 0 Å². The van der Waals surface area contributed by atoms with Gasteiger partial charge in [0.1, 0.15) is 5.78 Å². The van der Waals surface area contributed by atoms with E-state index in [1.807, 2.05) is 55.7 Å². The molecular weight excluding hydrogens is 398 g/mol. The summed E-state index contributed by atoms with van der Waals surface area (Å²) in [5, 5.41) is 0. The lowest BCUT2D eigenvalue weighted by Gasteiger charge is -2.23. The van der Waals surface area contributed by atoms with Crippen LogP contribution < -0.4 is 0 Å². The van der Waals surface area contributed by atoms with Crippen molar-refractivity contribution in [1.29, 1.82) is 0 Å². The molecule has 2 aliphatic rings. The highest BCUT2D eigenvalue weighted by Crippen LogP contribution is 2.32. The van der Waals surface area contributed by atoms with Gasteiger partial charge in [-0.25, -0.2) is 0 Å². The van der Waals surface area contributed by atoms with Crippen molar-refractivity contribution in [3.8, 4) is 0 Å². The molecule has 1 saturated heterocycles. The number of carbonyl (C=O) groups excluding carboxylic acids is 1. The van der Waals surface area contributed by atoms with Crippen LogP contribution in [0, 0.1) is 6.92 Å². The van der Waals surface area contributed by atoms with Gasteiger partial charge in [-0.2, -0.15) is 0 Å². The van der Waals surface area contributed by atoms with Crippen molar-refractivity contribution in [3.05, 3.63) is 94.6 Å². The van der Waals surface area contributed by atoms with Gasteiger partial charge in [-0.1, -0.05) is 30.3 Å². The molecule has 5 rings (SSSR count). The summed E-state index contributed by atoms with van der Waals surface area (Å²) >= 11 is 0. The minimum atomic E-state index is 0.102.